The molecule has 0 unspecified atom stereocenters. The zero-order valence-electron chi connectivity index (χ0n) is 16.1. The van der Waals surface area contributed by atoms with Crippen molar-refractivity contribution in [1.29, 1.82) is 0 Å². The maximum atomic E-state index is 12.8. The molecule has 0 spiro atoms. The largest absolute Gasteiger partial charge is 0.481 e. The van der Waals surface area contributed by atoms with Crippen molar-refractivity contribution in [2.75, 3.05) is 0 Å². The first-order valence-electron chi connectivity index (χ1n) is 9.95. The predicted octanol–water partition coefficient (Wildman–Crippen LogP) is 5.64. The van der Waals surface area contributed by atoms with Crippen molar-refractivity contribution in [3.63, 3.8) is 0 Å². The smallest absolute Gasteiger partial charge is 0.261 e. The lowest BCUT2D eigenvalue weighted by atomic mass is 9.88. The Kier molecular flexibility index (Phi) is 6.78. The monoisotopic (exact) mass is 385 g/mol. The summed E-state index contributed by atoms with van der Waals surface area (Å²) in [6, 6.07) is 13.8. The Morgan fingerprint density at radius 3 is 2.41 bits per heavy atom. The summed E-state index contributed by atoms with van der Waals surface area (Å²) in [6.45, 7) is 4.06. The predicted molar refractivity (Wildman–Crippen MR) is 110 cm³/mol. The van der Waals surface area contributed by atoms with E-state index in [0.717, 1.165) is 12.8 Å². The van der Waals surface area contributed by atoms with Crippen molar-refractivity contribution in [2.24, 2.45) is 0 Å². The zero-order chi connectivity index (χ0) is 19.2. The molecule has 2 aromatic carbocycles. The van der Waals surface area contributed by atoms with Crippen LogP contribution in [0.2, 0.25) is 5.02 Å². The number of carbonyl (C=O) groups excluding carboxylic acids is 1. The van der Waals surface area contributed by atoms with Crippen LogP contribution in [0.15, 0.2) is 42.5 Å². The van der Waals surface area contributed by atoms with Crippen LogP contribution in [-0.2, 0) is 17.6 Å². The maximum absolute atomic E-state index is 12.8. The molecular weight excluding hydrogens is 358 g/mol. The van der Waals surface area contributed by atoms with Crippen molar-refractivity contribution in [3.05, 3.63) is 64.2 Å². The summed E-state index contributed by atoms with van der Waals surface area (Å²) in [6.07, 6.45) is 5.79. The molecule has 0 bridgehead atoms. The fourth-order valence-corrected chi connectivity index (χ4v) is 3.78. The molecule has 0 fully saturated rings. The fraction of sp³-hybridized carbons (Fsp3) is 0.435. The van der Waals surface area contributed by atoms with Crippen molar-refractivity contribution in [1.82, 2.24) is 5.32 Å². The SMILES string of the molecule is CC[C@@H](Oc1ccc(Cl)cc1)C(=O)N[C@H](CC)c1ccc2c(c1)CCCC2. The minimum atomic E-state index is -0.516. The van der Waals surface area contributed by atoms with Crippen molar-refractivity contribution in [3.8, 4) is 5.75 Å². The van der Waals surface area contributed by atoms with E-state index in [-0.39, 0.29) is 11.9 Å². The van der Waals surface area contributed by atoms with Crippen LogP contribution in [0, 0.1) is 0 Å². The molecule has 0 radical (unpaired) electrons. The van der Waals surface area contributed by atoms with Crippen LogP contribution in [-0.4, -0.2) is 12.0 Å². The van der Waals surface area contributed by atoms with Gasteiger partial charge in [0.25, 0.3) is 5.91 Å². The van der Waals surface area contributed by atoms with E-state index in [1.807, 2.05) is 6.92 Å². The van der Waals surface area contributed by atoms with E-state index in [0.29, 0.717) is 17.2 Å². The van der Waals surface area contributed by atoms with Crippen LogP contribution in [0.1, 0.15) is 62.3 Å². The van der Waals surface area contributed by atoms with Gasteiger partial charge in [-0.1, -0.05) is 43.6 Å². The third kappa shape index (κ3) is 5.04. The molecule has 144 valence electrons. The van der Waals surface area contributed by atoms with E-state index < -0.39 is 6.10 Å². The highest BCUT2D eigenvalue weighted by atomic mass is 35.5. The topological polar surface area (TPSA) is 38.3 Å². The van der Waals surface area contributed by atoms with Gasteiger partial charge in [-0.05, 0) is 79.5 Å². The lowest BCUT2D eigenvalue weighted by molar-refractivity contribution is -0.128. The van der Waals surface area contributed by atoms with Gasteiger partial charge in [0.1, 0.15) is 5.75 Å². The van der Waals surface area contributed by atoms with Crippen molar-refractivity contribution in [2.45, 2.75) is 64.5 Å². The molecule has 3 rings (SSSR count). The van der Waals surface area contributed by atoms with Crippen molar-refractivity contribution >= 4 is 17.5 Å². The summed E-state index contributed by atoms with van der Waals surface area (Å²) >= 11 is 5.92. The normalized spacial score (nSPS) is 15.5. The molecule has 1 amide bonds. The second-order valence-electron chi connectivity index (χ2n) is 7.17. The number of ether oxygens (including phenoxy) is 1. The van der Waals surface area contributed by atoms with E-state index in [4.69, 9.17) is 16.3 Å². The summed E-state index contributed by atoms with van der Waals surface area (Å²) in [4.78, 5) is 12.8. The van der Waals surface area contributed by atoms with Gasteiger partial charge in [0.2, 0.25) is 0 Å². The lowest BCUT2D eigenvalue weighted by Gasteiger charge is -2.24. The molecule has 1 N–H and O–H groups in total. The highest BCUT2D eigenvalue weighted by Crippen LogP contribution is 2.26. The number of rotatable bonds is 7. The molecule has 0 saturated carbocycles. The average Bonchev–Trinajstić information content (AvgIpc) is 2.71. The first-order chi connectivity index (χ1) is 13.1. The zero-order valence-corrected chi connectivity index (χ0v) is 16.9. The second-order valence-corrected chi connectivity index (χ2v) is 7.61. The number of nitrogens with one attached hydrogen (secondary N) is 1. The summed E-state index contributed by atoms with van der Waals surface area (Å²) in [5.74, 6) is 0.584. The van der Waals surface area contributed by atoms with Crippen LogP contribution in [0.3, 0.4) is 0 Å². The Balaban J connectivity index is 1.68. The Hall–Kier alpha value is -2.00. The molecule has 2 atom stereocenters. The number of carbonyl (C=O) groups is 1. The van der Waals surface area contributed by atoms with E-state index in [1.165, 1.54) is 36.0 Å². The van der Waals surface area contributed by atoms with E-state index >= 15 is 0 Å². The first-order valence-corrected chi connectivity index (χ1v) is 10.3. The van der Waals surface area contributed by atoms with Gasteiger partial charge in [-0.2, -0.15) is 0 Å². The number of halogens is 1. The van der Waals surface area contributed by atoms with E-state index in [1.54, 1.807) is 24.3 Å². The van der Waals surface area contributed by atoms with Crippen LogP contribution < -0.4 is 10.1 Å². The third-order valence-electron chi connectivity index (χ3n) is 5.25. The molecular formula is C23H28ClNO2. The fourth-order valence-electron chi connectivity index (χ4n) is 3.66. The van der Waals surface area contributed by atoms with Crippen LogP contribution in [0.5, 0.6) is 5.75 Å². The molecule has 27 heavy (non-hydrogen) atoms. The summed E-state index contributed by atoms with van der Waals surface area (Å²) in [5, 5.41) is 3.83. The maximum Gasteiger partial charge on any atom is 0.261 e. The minimum Gasteiger partial charge on any atom is -0.481 e. The van der Waals surface area contributed by atoms with Gasteiger partial charge in [-0.15, -0.1) is 0 Å². The third-order valence-corrected chi connectivity index (χ3v) is 5.51. The number of fused-ring (bicyclic) bond motifs is 1. The summed E-state index contributed by atoms with van der Waals surface area (Å²) in [7, 11) is 0. The second kappa shape index (κ2) is 9.27. The Bertz CT molecular complexity index is 772. The molecule has 3 nitrogen and oxygen atoms in total. The van der Waals surface area contributed by atoms with Gasteiger partial charge >= 0.3 is 0 Å². The number of benzene rings is 2. The van der Waals surface area contributed by atoms with E-state index in [9.17, 15) is 4.79 Å². The van der Waals surface area contributed by atoms with Crippen LogP contribution in [0.4, 0.5) is 0 Å². The van der Waals surface area contributed by atoms with Gasteiger partial charge < -0.3 is 10.1 Å². The molecule has 0 saturated heterocycles. The molecule has 1 aliphatic rings. The molecule has 1 aliphatic carbocycles. The Labute approximate surface area is 167 Å². The van der Waals surface area contributed by atoms with Crippen LogP contribution >= 0.6 is 11.6 Å². The number of amides is 1. The van der Waals surface area contributed by atoms with Gasteiger partial charge in [-0.3, -0.25) is 4.79 Å². The van der Waals surface area contributed by atoms with Gasteiger partial charge in [-0.25, -0.2) is 0 Å². The molecule has 0 heterocycles. The summed E-state index contributed by atoms with van der Waals surface area (Å²) < 4.78 is 5.88. The van der Waals surface area contributed by atoms with Gasteiger partial charge in [0.05, 0.1) is 6.04 Å². The average molecular weight is 386 g/mol. The standard InChI is InChI=1S/C23H28ClNO2/c1-3-21(18-10-9-16-7-5-6-8-17(16)15-18)25-23(26)22(4-2)27-20-13-11-19(24)12-14-20/h9-15,21-22H,3-8H2,1-2H3,(H,25,26)/t21-,22-/m1/s1. The number of aryl methyl sites for hydroxylation is 2. The highest BCUT2D eigenvalue weighted by Gasteiger charge is 2.22. The molecule has 0 aliphatic heterocycles. The quantitative estimate of drug-likeness (QED) is 0.669. The van der Waals surface area contributed by atoms with Gasteiger partial charge in [0.15, 0.2) is 6.10 Å². The molecule has 0 aromatic heterocycles. The number of hydrogen-bond acceptors (Lipinski definition) is 2. The van der Waals surface area contributed by atoms with E-state index in [2.05, 4.69) is 30.4 Å². The molecule has 2 aromatic rings. The Morgan fingerprint density at radius 2 is 1.74 bits per heavy atom. The van der Waals surface area contributed by atoms with Gasteiger partial charge in [0, 0.05) is 5.02 Å². The minimum absolute atomic E-state index is 0.00703. The molecule has 4 heteroatoms. The first kappa shape index (κ1) is 19.8. The summed E-state index contributed by atoms with van der Waals surface area (Å²) in [5.41, 5.74) is 4.09. The van der Waals surface area contributed by atoms with Crippen molar-refractivity contribution < 1.29 is 9.53 Å². The van der Waals surface area contributed by atoms with Crippen LogP contribution in [0.25, 0.3) is 0 Å². The number of hydrogen-bond donors (Lipinski definition) is 1. The Morgan fingerprint density at radius 1 is 1.04 bits per heavy atom. The lowest BCUT2D eigenvalue weighted by Crippen LogP contribution is -2.40. The highest BCUT2D eigenvalue weighted by molar-refractivity contribution is 6.30.